The van der Waals surface area contributed by atoms with Gasteiger partial charge in [-0.05, 0) is 19.1 Å². The number of morpholine rings is 1. The number of carboxylic acid groups (broad SMARTS) is 1. The molecule has 2 N–H and O–H groups in total. The molecule has 1 aliphatic heterocycles. The van der Waals surface area contributed by atoms with Gasteiger partial charge in [-0.2, -0.15) is 11.8 Å². The van der Waals surface area contributed by atoms with Crippen molar-refractivity contribution in [2.45, 2.75) is 25.5 Å². The number of hydrogen-bond donors (Lipinski definition) is 2. The van der Waals surface area contributed by atoms with Gasteiger partial charge in [0.15, 0.2) is 0 Å². The number of nitrogens with one attached hydrogen (secondary N) is 1. The zero-order valence-corrected chi connectivity index (χ0v) is 12.2. The van der Waals surface area contributed by atoms with Gasteiger partial charge in [-0.25, -0.2) is 4.79 Å². The summed E-state index contributed by atoms with van der Waals surface area (Å²) in [5.41, 5.74) is 0. The van der Waals surface area contributed by atoms with E-state index in [4.69, 9.17) is 9.84 Å². The Morgan fingerprint density at radius 3 is 2.95 bits per heavy atom. The largest absolute Gasteiger partial charge is 0.480 e. The standard InChI is InChI=1S/C12H20N2O5S/c1-9-6-14(3-4-19-9)11(16)7-20-5-2-10(12(17)18)13-8-15/h8-10H,2-7H2,1H3,(H,13,15)(H,17,18). The Bertz CT molecular complexity index is 353. The Balaban J connectivity index is 2.21. The third kappa shape index (κ3) is 5.79. The summed E-state index contributed by atoms with van der Waals surface area (Å²) in [7, 11) is 0. The highest BCUT2D eigenvalue weighted by molar-refractivity contribution is 7.99. The van der Waals surface area contributed by atoms with Crippen molar-refractivity contribution in [3.05, 3.63) is 0 Å². The maximum atomic E-state index is 11.9. The fraction of sp³-hybridized carbons (Fsp3) is 0.750. The molecule has 2 atom stereocenters. The van der Waals surface area contributed by atoms with Crippen LogP contribution in [0, 0.1) is 0 Å². The van der Waals surface area contributed by atoms with E-state index in [2.05, 4.69) is 5.32 Å². The van der Waals surface area contributed by atoms with Gasteiger partial charge in [0.05, 0.1) is 18.5 Å². The van der Waals surface area contributed by atoms with Gasteiger partial charge in [0.2, 0.25) is 12.3 Å². The lowest BCUT2D eigenvalue weighted by Gasteiger charge is -2.31. The molecule has 0 bridgehead atoms. The summed E-state index contributed by atoms with van der Waals surface area (Å²) < 4.78 is 5.36. The molecule has 1 saturated heterocycles. The van der Waals surface area contributed by atoms with Crippen molar-refractivity contribution in [3.8, 4) is 0 Å². The minimum atomic E-state index is -1.06. The first-order valence-corrected chi connectivity index (χ1v) is 7.59. The average Bonchev–Trinajstić information content (AvgIpc) is 2.41. The van der Waals surface area contributed by atoms with Crippen LogP contribution in [0.25, 0.3) is 0 Å². The number of carbonyl (C=O) groups excluding carboxylic acids is 2. The summed E-state index contributed by atoms with van der Waals surface area (Å²) in [6.45, 7) is 3.69. The molecule has 0 saturated carbocycles. The number of thioether (sulfide) groups is 1. The molecule has 20 heavy (non-hydrogen) atoms. The molecular weight excluding hydrogens is 284 g/mol. The van der Waals surface area contributed by atoms with Gasteiger partial charge in [-0.1, -0.05) is 0 Å². The predicted molar refractivity (Wildman–Crippen MR) is 74.6 cm³/mol. The number of amides is 2. The molecule has 0 radical (unpaired) electrons. The molecule has 2 unspecified atom stereocenters. The van der Waals surface area contributed by atoms with Crippen LogP contribution in [0.3, 0.4) is 0 Å². The van der Waals surface area contributed by atoms with E-state index in [0.717, 1.165) is 0 Å². The van der Waals surface area contributed by atoms with Gasteiger partial charge >= 0.3 is 5.97 Å². The van der Waals surface area contributed by atoms with Gasteiger partial charge in [0, 0.05) is 13.1 Å². The summed E-state index contributed by atoms with van der Waals surface area (Å²) >= 11 is 1.38. The van der Waals surface area contributed by atoms with Crippen molar-refractivity contribution < 1.29 is 24.2 Å². The summed E-state index contributed by atoms with van der Waals surface area (Å²) in [6, 6.07) is -0.890. The maximum absolute atomic E-state index is 11.9. The molecule has 0 aliphatic carbocycles. The normalized spacial score (nSPS) is 20.2. The molecule has 0 spiro atoms. The van der Waals surface area contributed by atoms with Crippen molar-refractivity contribution in [2.24, 2.45) is 0 Å². The number of hydrogen-bond acceptors (Lipinski definition) is 5. The van der Waals surface area contributed by atoms with Gasteiger partial charge in [0.25, 0.3) is 0 Å². The summed E-state index contributed by atoms with van der Waals surface area (Å²) in [4.78, 5) is 34.7. The fourth-order valence-corrected chi connectivity index (χ4v) is 2.76. The molecule has 7 nitrogen and oxygen atoms in total. The highest BCUT2D eigenvalue weighted by atomic mass is 32.2. The number of rotatable bonds is 8. The van der Waals surface area contributed by atoms with Crippen LogP contribution in [-0.4, -0.2) is 71.6 Å². The SMILES string of the molecule is CC1CN(C(=O)CSCCC(NC=O)C(=O)O)CCO1. The number of carboxylic acids is 1. The van der Waals surface area contributed by atoms with Crippen LogP contribution in [0.1, 0.15) is 13.3 Å². The number of aliphatic carboxylic acids is 1. The lowest BCUT2D eigenvalue weighted by molar-refractivity contribution is -0.140. The van der Waals surface area contributed by atoms with E-state index in [1.54, 1.807) is 4.90 Å². The Kier molecular flexibility index (Phi) is 7.38. The Morgan fingerprint density at radius 1 is 1.60 bits per heavy atom. The van der Waals surface area contributed by atoms with Crippen molar-refractivity contribution >= 4 is 30.0 Å². The third-order valence-electron chi connectivity index (χ3n) is 2.94. The van der Waals surface area contributed by atoms with Crippen LogP contribution < -0.4 is 5.32 Å². The zero-order chi connectivity index (χ0) is 15.0. The lowest BCUT2D eigenvalue weighted by Crippen LogP contribution is -2.45. The molecule has 1 heterocycles. The summed E-state index contributed by atoms with van der Waals surface area (Å²) in [6.07, 6.45) is 0.737. The van der Waals surface area contributed by atoms with Gasteiger partial charge in [-0.15, -0.1) is 0 Å². The van der Waals surface area contributed by atoms with Crippen molar-refractivity contribution in [1.29, 1.82) is 0 Å². The van der Waals surface area contributed by atoms with E-state index >= 15 is 0 Å². The van der Waals surface area contributed by atoms with E-state index in [-0.39, 0.29) is 12.0 Å². The second kappa shape index (κ2) is 8.80. The van der Waals surface area contributed by atoms with Crippen LogP contribution in [0.4, 0.5) is 0 Å². The zero-order valence-electron chi connectivity index (χ0n) is 11.4. The Morgan fingerprint density at radius 2 is 2.35 bits per heavy atom. The molecule has 0 aromatic carbocycles. The monoisotopic (exact) mass is 304 g/mol. The molecule has 2 amide bonds. The number of ether oxygens (including phenoxy) is 1. The average molecular weight is 304 g/mol. The van der Waals surface area contributed by atoms with Crippen LogP contribution in [0.5, 0.6) is 0 Å². The minimum absolute atomic E-state index is 0.0420. The number of carbonyl (C=O) groups is 3. The molecular formula is C12H20N2O5S. The molecule has 8 heteroatoms. The molecule has 1 aliphatic rings. The van der Waals surface area contributed by atoms with E-state index in [1.807, 2.05) is 6.92 Å². The topological polar surface area (TPSA) is 95.9 Å². The van der Waals surface area contributed by atoms with E-state index in [0.29, 0.717) is 44.0 Å². The first-order chi connectivity index (χ1) is 9.54. The second-order valence-corrected chi connectivity index (χ2v) is 5.64. The van der Waals surface area contributed by atoms with E-state index in [1.165, 1.54) is 11.8 Å². The van der Waals surface area contributed by atoms with Crippen LogP contribution in [-0.2, 0) is 19.1 Å². The molecule has 1 rings (SSSR count). The molecule has 114 valence electrons. The van der Waals surface area contributed by atoms with Crippen LogP contribution >= 0.6 is 11.8 Å². The van der Waals surface area contributed by atoms with Crippen LogP contribution in [0.15, 0.2) is 0 Å². The molecule has 1 fully saturated rings. The van der Waals surface area contributed by atoms with Gasteiger partial charge in [-0.3, -0.25) is 9.59 Å². The number of nitrogens with zero attached hydrogens (tertiary/aromatic N) is 1. The minimum Gasteiger partial charge on any atom is -0.480 e. The maximum Gasteiger partial charge on any atom is 0.326 e. The Labute approximate surface area is 122 Å². The van der Waals surface area contributed by atoms with Gasteiger partial charge < -0.3 is 20.1 Å². The van der Waals surface area contributed by atoms with Crippen molar-refractivity contribution in [3.63, 3.8) is 0 Å². The van der Waals surface area contributed by atoms with Crippen LogP contribution in [0.2, 0.25) is 0 Å². The smallest absolute Gasteiger partial charge is 0.326 e. The fourth-order valence-electron chi connectivity index (χ4n) is 1.86. The summed E-state index contributed by atoms with van der Waals surface area (Å²) in [5.74, 6) is -0.199. The Hall–Kier alpha value is -1.28. The predicted octanol–water partition coefficient (Wildman–Crippen LogP) is -0.444. The molecule has 0 aromatic rings. The quantitative estimate of drug-likeness (QED) is 0.466. The summed E-state index contributed by atoms with van der Waals surface area (Å²) in [5, 5.41) is 11.1. The third-order valence-corrected chi connectivity index (χ3v) is 3.91. The van der Waals surface area contributed by atoms with Crippen molar-refractivity contribution in [2.75, 3.05) is 31.2 Å². The van der Waals surface area contributed by atoms with Gasteiger partial charge in [0.1, 0.15) is 6.04 Å². The first-order valence-electron chi connectivity index (χ1n) is 6.44. The molecule has 0 aromatic heterocycles. The highest BCUT2D eigenvalue weighted by Crippen LogP contribution is 2.10. The first kappa shape index (κ1) is 16.8. The van der Waals surface area contributed by atoms with E-state index < -0.39 is 12.0 Å². The van der Waals surface area contributed by atoms with E-state index in [9.17, 15) is 14.4 Å². The lowest BCUT2D eigenvalue weighted by atomic mass is 10.2. The van der Waals surface area contributed by atoms with Crippen molar-refractivity contribution in [1.82, 2.24) is 10.2 Å². The highest BCUT2D eigenvalue weighted by Gasteiger charge is 2.21. The second-order valence-electron chi connectivity index (χ2n) is 4.54.